The third-order valence-electron chi connectivity index (χ3n) is 5.74. The van der Waals surface area contributed by atoms with Crippen molar-refractivity contribution in [2.75, 3.05) is 19.6 Å². The lowest BCUT2D eigenvalue weighted by molar-refractivity contribution is 0.222. The SMILES string of the molecule is C=CC(=C)c1cnc2cc(-c3ccn(CCCN4CCCCC4)c(=O)c3)ccn12. The topological polar surface area (TPSA) is 42.5 Å². The number of likely N-dealkylation sites (tertiary alicyclic amines) is 1. The average Bonchev–Trinajstić information content (AvgIpc) is 3.18. The van der Waals surface area contributed by atoms with E-state index in [2.05, 4.69) is 23.0 Å². The molecule has 1 fully saturated rings. The molecule has 1 saturated heterocycles. The first-order valence-corrected chi connectivity index (χ1v) is 10.4. The normalized spacial score (nSPS) is 14.9. The van der Waals surface area contributed by atoms with Gasteiger partial charge in [-0.2, -0.15) is 0 Å². The van der Waals surface area contributed by atoms with Gasteiger partial charge in [0.25, 0.3) is 5.56 Å². The van der Waals surface area contributed by atoms with Gasteiger partial charge in [0.15, 0.2) is 0 Å². The van der Waals surface area contributed by atoms with Gasteiger partial charge in [-0.05, 0) is 73.8 Å². The number of imidazole rings is 1. The molecule has 3 aromatic rings. The molecular formula is C24H28N4O. The monoisotopic (exact) mass is 388 g/mol. The molecule has 0 radical (unpaired) electrons. The van der Waals surface area contributed by atoms with E-state index in [1.165, 1.54) is 32.4 Å². The van der Waals surface area contributed by atoms with Crippen LogP contribution in [0.25, 0.3) is 22.3 Å². The Morgan fingerprint density at radius 2 is 1.83 bits per heavy atom. The second-order valence-corrected chi connectivity index (χ2v) is 7.72. The fourth-order valence-corrected chi connectivity index (χ4v) is 4.02. The number of nitrogens with zero attached hydrogens (tertiary/aromatic N) is 4. The smallest absolute Gasteiger partial charge is 0.251 e. The van der Waals surface area contributed by atoms with E-state index in [0.717, 1.165) is 47.6 Å². The van der Waals surface area contributed by atoms with E-state index in [0.29, 0.717) is 0 Å². The minimum Gasteiger partial charge on any atom is -0.315 e. The van der Waals surface area contributed by atoms with Crippen LogP contribution in [0.2, 0.25) is 0 Å². The van der Waals surface area contributed by atoms with Crippen LogP contribution in [-0.2, 0) is 6.54 Å². The molecule has 4 rings (SSSR count). The lowest BCUT2D eigenvalue weighted by Gasteiger charge is -2.26. The summed E-state index contributed by atoms with van der Waals surface area (Å²) in [5.41, 5.74) is 4.52. The Labute approximate surface area is 171 Å². The van der Waals surface area contributed by atoms with Gasteiger partial charge >= 0.3 is 0 Å². The molecule has 5 nitrogen and oxygen atoms in total. The molecule has 150 valence electrons. The second-order valence-electron chi connectivity index (χ2n) is 7.72. The number of aromatic nitrogens is 3. The number of hydrogen-bond donors (Lipinski definition) is 0. The van der Waals surface area contributed by atoms with Crippen LogP contribution in [0.5, 0.6) is 0 Å². The summed E-state index contributed by atoms with van der Waals surface area (Å²) in [6.07, 6.45) is 12.4. The van der Waals surface area contributed by atoms with Crippen molar-refractivity contribution in [3.63, 3.8) is 0 Å². The Balaban J connectivity index is 1.47. The lowest BCUT2D eigenvalue weighted by Crippen LogP contribution is -2.31. The van der Waals surface area contributed by atoms with Crippen molar-refractivity contribution in [3.05, 3.63) is 78.1 Å². The van der Waals surface area contributed by atoms with Crippen molar-refractivity contribution >= 4 is 11.2 Å². The molecule has 0 amide bonds. The van der Waals surface area contributed by atoms with Gasteiger partial charge in [0.05, 0.1) is 11.9 Å². The van der Waals surface area contributed by atoms with Crippen LogP contribution in [-0.4, -0.2) is 38.5 Å². The van der Waals surface area contributed by atoms with Gasteiger partial charge in [-0.1, -0.05) is 25.7 Å². The van der Waals surface area contributed by atoms with Gasteiger partial charge in [-0.25, -0.2) is 4.98 Å². The average molecular weight is 389 g/mol. The molecule has 0 N–H and O–H groups in total. The van der Waals surface area contributed by atoms with Crippen LogP contribution in [0, 0.1) is 0 Å². The molecule has 0 aromatic carbocycles. The fourth-order valence-electron chi connectivity index (χ4n) is 4.02. The predicted octanol–water partition coefficient (Wildman–Crippen LogP) is 4.24. The van der Waals surface area contributed by atoms with Crippen molar-refractivity contribution in [3.8, 4) is 11.1 Å². The summed E-state index contributed by atoms with van der Waals surface area (Å²) in [4.78, 5) is 19.6. The summed E-state index contributed by atoms with van der Waals surface area (Å²) in [6.45, 7) is 12.0. The van der Waals surface area contributed by atoms with Gasteiger partial charge in [0.1, 0.15) is 5.65 Å². The number of aryl methyl sites for hydroxylation is 1. The molecule has 3 aromatic heterocycles. The first-order chi connectivity index (χ1) is 14.2. The third kappa shape index (κ3) is 4.25. The zero-order valence-electron chi connectivity index (χ0n) is 16.9. The van der Waals surface area contributed by atoms with Gasteiger partial charge in [0.2, 0.25) is 0 Å². The van der Waals surface area contributed by atoms with E-state index >= 15 is 0 Å². The summed E-state index contributed by atoms with van der Waals surface area (Å²) in [5.74, 6) is 0. The summed E-state index contributed by atoms with van der Waals surface area (Å²) in [7, 11) is 0. The molecule has 1 aliphatic rings. The minimum absolute atomic E-state index is 0.0464. The maximum Gasteiger partial charge on any atom is 0.251 e. The second kappa shape index (κ2) is 8.62. The standard InChI is InChI=1S/C24H28N4O/c1-3-19(2)22-18-25-23-16-20(9-15-28(22)23)21-8-14-27(24(29)17-21)13-7-12-26-10-5-4-6-11-26/h3,8-9,14-18H,1-2,4-7,10-13H2. The molecular weight excluding hydrogens is 360 g/mol. The number of piperidine rings is 1. The molecule has 0 aliphatic carbocycles. The zero-order valence-corrected chi connectivity index (χ0v) is 16.9. The number of pyridine rings is 2. The summed E-state index contributed by atoms with van der Waals surface area (Å²) in [6, 6.07) is 7.74. The zero-order chi connectivity index (χ0) is 20.2. The Morgan fingerprint density at radius 3 is 2.59 bits per heavy atom. The largest absolute Gasteiger partial charge is 0.315 e. The fraction of sp³-hybridized carbons (Fsp3) is 0.333. The molecule has 5 heteroatoms. The van der Waals surface area contributed by atoms with Crippen molar-refractivity contribution in [2.45, 2.75) is 32.2 Å². The van der Waals surface area contributed by atoms with Crippen molar-refractivity contribution in [2.24, 2.45) is 0 Å². The van der Waals surface area contributed by atoms with E-state index in [4.69, 9.17) is 0 Å². The van der Waals surface area contributed by atoms with Crippen LogP contribution < -0.4 is 5.56 Å². The Bertz CT molecular complexity index is 1090. The van der Waals surface area contributed by atoms with Crippen molar-refractivity contribution in [1.29, 1.82) is 0 Å². The molecule has 0 atom stereocenters. The number of hydrogen-bond acceptors (Lipinski definition) is 3. The van der Waals surface area contributed by atoms with E-state index in [-0.39, 0.29) is 5.56 Å². The van der Waals surface area contributed by atoms with Crippen molar-refractivity contribution in [1.82, 2.24) is 18.9 Å². The molecule has 4 heterocycles. The van der Waals surface area contributed by atoms with Crippen LogP contribution in [0.1, 0.15) is 31.4 Å². The highest BCUT2D eigenvalue weighted by Crippen LogP contribution is 2.22. The van der Waals surface area contributed by atoms with E-state index in [1.807, 2.05) is 39.6 Å². The van der Waals surface area contributed by atoms with Crippen LogP contribution in [0.4, 0.5) is 0 Å². The summed E-state index contributed by atoms with van der Waals surface area (Å²) in [5, 5.41) is 0. The first kappa shape index (κ1) is 19.4. The highest BCUT2D eigenvalue weighted by Gasteiger charge is 2.10. The highest BCUT2D eigenvalue weighted by atomic mass is 16.1. The van der Waals surface area contributed by atoms with E-state index in [9.17, 15) is 4.79 Å². The molecule has 1 aliphatic heterocycles. The maximum absolute atomic E-state index is 12.6. The quantitative estimate of drug-likeness (QED) is 0.569. The molecule has 29 heavy (non-hydrogen) atoms. The highest BCUT2D eigenvalue weighted by molar-refractivity contribution is 5.73. The molecule has 0 spiro atoms. The van der Waals surface area contributed by atoms with Crippen LogP contribution in [0.15, 0.2) is 66.9 Å². The maximum atomic E-state index is 12.6. The van der Waals surface area contributed by atoms with Gasteiger partial charge < -0.3 is 9.47 Å². The Kier molecular flexibility index (Phi) is 5.76. The number of rotatable bonds is 7. The molecule has 0 saturated carbocycles. The Hall–Kier alpha value is -2.92. The van der Waals surface area contributed by atoms with Gasteiger partial charge in [-0.15, -0.1) is 0 Å². The number of fused-ring (bicyclic) bond motifs is 1. The van der Waals surface area contributed by atoms with Crippen LogP contribution in [0.3, 0.4) is 0 Å². The van der Waals surface area contributed by atoms with Crippen LogP contribution >= 0.6 is 0 Å². The molecule has 0 unspecified atom stereocenters. The number of allylic oxidation sites excluding steroid dienone is 2. The van der Waals surface area contributed by atoms with Gasteiger partial charge in [-0.3, -0.25) is 9.20 Å². The Morgan fingerprint density at radius 1 is 1.07 bits per heavy atom. The van der Waals surface area contributed by atoms with Gasteiger partial charge in [0, 0.05) is 25.0 Å². The summed E-state index contributed by atoms with van der Waals surface area (Å²) >= 11 is 0. The first-order valence-electron chi connectivity index (χ1n) is 10.4. The third-order valence-corrected chi connectivity index (χ3v) is 5.74. The molecule has 0 bridgehead atoms. The predicted molar refractivity (Wildman–Crippen MR) is 119 cm³/mol. The van der Waals surface area contributed by atoms with Crippen molar-refractivity contribution < 1.29 is 0 Å². The van der Waals surface area contributed by atoms with E-state index < -0.39 is 0 Å². The minimum atomic E-state index is 0.0464. The van der Waals surface area contributed by atoms with E-state index in [1.54, 1.807) is 18.3 Å². The lowest BCUT2D eigenvalue weighted by atomic mass is 10.1. The summed E-state index contributed by atoms with van der Waals surface area (Å²) < 4.78 is 3.79.